The van der Waals surface area contributed by atoms with Crippen molar-refractivity contribution in [1.82, 2.24) is 60.9 Å². The monoisotopic (exact) mass is 1010 g/mol. The summed E-state index contributed by atoms with van der Waals surface area (Å²) in [5.41, 5.74) is 0. The number of nitrogens with zero attached hydrogens (tertiary/aromatic N) is 7. The molecule has 1 aliphatic heterocycles. The van der Waals surface area contributed by atoms with Gasteiger partial charge in [-0.15, -0.1) is 0 Å². The molecular formula is C47H84N12O12. The number of amides is 15. The van der Waals surface area contributed by atoms with E-state index in [-0.39, 0.29) is 30.1 Å². The number of aliphatic hydroxyl groups is 1. The fourth-order valence-electron chi connectivity index (χ4n) is 7.59. The van der Waals surface area contributed by atoms with Crippen LogP contribution >= 0.6 is 0 Å². The summed E-state index contributed by atoms with van der Waals surface area (Å²) in [6.07, 6.45) is 1.14. The van der Waals surface area contributed by atoms with Gasteiger partial charge in [-0.3, -0.25) is 53.6 Å². The highest BCUT2D eigenvalue weighted by Gasteiger charge is 2.39. The van der Waals surface area contributed by atoms with Crippen LogP contribution in [-0.4, -0.2) is 209 Å². The minimum Gasteiger partial charge on any atom is -0.391 e. The van der Waals surface area contributed by atoms with Gasteiger partial charge in [0.1, 0.15) is 30.2 Å². The van der Waals surface area contributed by atoms with E-state index in [0.29, 0.717) is 40.6 Å². The van der Waals surface area contributed by atoms with Gasteiger partial charge < -0.3 is 41.1 Å². The number of likely N-dealkylation sites (tertiary alicyclic amines) is 1. The van der Waals surface area contributed by atoms with Crippen molar-refractivity contribution >= 4 is 65.5 Å². The third-order valence-corrected chi connectivity index (χ3v) is 12.5. The molecule has 1 fully saturated rings. The smallest absolute Gasteiger partial charge is 0.334 e. The van der Waals surface area contributed by atoms with Gasteiger partial charge in [0.25, 0.3) is 5.91 Å². The molecule has 0 radical (unpaired) electrons. The molecule has 1 rings (SSSR count). The summed E-state index contributed by atoms with van der Waals surface area (Å²) in [7, 11) is 7.34. The predicted octanol–water partition coefficient (Wildman–Crippen LogP) is 1.31. The van der Waals surface area contributed by atoms with Crippen LogP contribution in [0.5, 0.6) is 0 Å². The van der Waals surface area contributed by atoms with Crippen molar-refractivity contribution < 1.29 is 57.8 Å². The molecule has 71 heavy (non-hydrogen) atoms. The summed E-state index contributed by atoms with van der Waals surface area (Å²) in [5.74, 6) is -4.50. The topological polar surface area (TPSA) is 291 Å². The first kappa shape index (κ1) is 63.1. The Labute approximate surface area is 419 Å². The van der Waals surface area contributed by atoms with E-state index in [1.165, 1.54) is 27.9 Å². The maximum Gasteiger partial charge on any atom is 0.334 e. The number of hydrogen-bond donors (Lipinski definition) is 6. The lowest BCUT2D eigenvalue weighted by Gasteiger charge is -2.36. The maximum atomic E-state index is 14.1. The van der Waals surface area contributed by atoms with Crippen LogP contribution in [0.3, 0.4) is 0 Å². The standard InChI is InChI=1S/C47H84N12O12/c1-26(2)23-34(39(63)48-29(7)41(65)59-21-19-18-20-22-59)50-40(64)35(24-27(3)4)54(13)32(10)49-38(62)30(8)53(12)43(67)37(31(9)60)51-44(68)58(17)47(71)57(16)42(66)36(25-28(5)6)56(15)46(70)52-45(69)55(14)33(11)61/h26-32,34-37,60H,18-25H2,1-17H3,(H,48,63)(H,49,62)(H,50,64)(H,51,68)(H,52,69,70)/t29-,30-,31+,32+,34-,35-,36-,37?/m0/s1. The first-order valence-corrected chi connectivity index (χ1v) is 24.3. The Morgan fingerprint density at radius 2 is 1.06 bits per heavy atom. The zero-order valence-corrected chi connectivity index (χ0v) is 45.1. The van der Waals surface area contributed by atoms with Crippen LogP contribution in [0.2, 0.25) is 0 Å². The Hall–Kier alpha value is -5.91. The SMILES string of the molecule is CC(=O)N(C)C(=O)NC(=O)N(C)[C@@H](CC(C)C)C(=O)N(C)C(=O)N(C)C(=O)NC(C(=O)N(C)[C@@H](C)C(=O)N[C@@H](C)N(C)[C@@H](CC(C)C)C(=O)N[C@@H](CC(C)C)C(=O)N[C@@H](C)C(=O)N1CCCCC1)[C@@H](C)O. The maximum absolute atomic E-state index is 14.1. The first-order valence-electron chi connectivity index (χ1n) is 24.3. The van der Waals surface area contributed by atoms with Crippen molar-refractivity contribution in [3.63, 3.8) is 0 Å². The van der Waals surface area contributed by atoms with Crippen molar-refractivity contribution in [3.05, 3.63) is 0 Å². The van der Waals surface area contributed by atoms with Gasteiger partial charge in [0.2, 0.25) is 35.4 Å². The summed E-state index contributed by atoms with van der Waals surface area (Å²) < 4.78 is 0. The number of imide groups is 4. The molecule has 1 heterocycles. The van der Waals surface area contributed by atoms with Crippen LogP contribution in [-0.2, 0) is 33.6 Å². The fourth-order valence-corrected chi connectivity index (χ4v) is 7.59. The number of carbonyl (C=O) groups is 11. The Morgan fingerprint density at radius 1 is 0.535 bits per heavy atom. The van der Waals surface area contributed by atoms with E-state index < -0.39 is 108 Å². The lowest BCUT2D eigenvalue weighted by Crippen LogP contribution is -2.62. The molecule has 1 saturated heterocycles. The quantitative estimate of drug-likeness (QED) is 0.0886. The average Bonchev–Trinajstić information content (AvgIpc) is 3.30. The Morgan fingerprint density at radius 3 is 1.55 bits per heavy atom. The summed E-state index contributed by atoms with van der Waals surface area (Å²) >= 11 is 0. The third kappa shape index (κ3) is 19.0. The second kappa shape index (κ2) is 28.8. The van der Waals surface area contributed by atoms with E-state index in [1.807, 2.05) is 33.0 Å². The highest BCUT2D eigenvalue weighted by Crippen LogP contribution is 2.18. The van der Waals surface area contributed by atoms with Gasteiger partial charge in [0, 0.05) is 55.3 Å². The van der Waals surface area contributed by atoms with E-state index in [1.54, 1.807) is 44.5 Å². The Kier molecular flexibility index (Phi) is 25.6. The van der Waals surface area contributed by atoms with Gasteiger partial charge in [-0.25, -0.2) is 24.1 Å². The van der Waals surface area contributed by atoms with E-state index in [4.69, 9.17) is 0 Å². The lowest BCUT2D eigenvalue weighted by atomic mass is 9.99. The number of rotatable bonds is 21. The number of nitrogens with one attached hydrogen (secondary N) is 5. The Bertz CT molecular complexity index is 1910. The van der Waals surface area contributed by atoms with Crippen LogP contribution in [0.4, 0.5) is 19.2 Å². The van der Waals surface area contributed by atoms with Crippen LogP contribution in [0.15, 0.2) is 0 Å². The zero-order valence-electron chi connectivity index (χ0n) is 45.1. The van der Waals surface area contributed by atoms with Crippen LogP contribution in [0.25, 0.3) is 0 Å². The summed E-state index contributed by atoms with van der Waals surface area (Å²) in [6, 6.07) is -11.3. The normalized spacial score (nSPS) is 16.0. The predicted molar refractivity (Wildman–Crippen MR) is 264 cm³/mol. The molecule has 1 unspecified atom stereocenters. The Balaban J connectivity index is 3.15. The fraction of sp³-hybridized carbons (Fsp3) is 0.766. The highest BCUT2D eigenvalue weighted by molar-refractivity contribution is 6.05. The van der Waals surface area contributed by atoms with Gasteiger partial charge in [0.05, 0.1) is 18.3 Å². The highest BCUT2D eigenvalue weighted by atomic mass is 16.3. The largest absolute Gasteiger partial charge is 0.391 e. The molecule has 0 spiro atoms. The van der Waals surface area contributed by atoms with Gasteiger partial charge in [-0.1, -0.05) is 41.5 Å². The molecule has 0 bridgehead atoms. The molecule has 24 nitrogen and oxygen atoms in total. The minimum atomic E-state index is -1.70. The molecule has 0 aromatic carbocycles. The molecule has 6 N–H and O–H groups in total. The van der Waals surface area contributed by atoms with Crippen LogP contribution < -0.4 is 26.6 Å². The van der Waals surface area contributed by atoms with Crippen molar-refractivity contribution in [2.75, 3.05) is 55.4 Å². The molecule has 0 aromatic rings. The van der Waals surface area contributed by atoms with Crippen LogP contribution in [0, 0.1) is 17.8 Å². The number of aliphatic hydroxyl groups excluding tert-OH is 1. The van der Waals surface area contributed by atoms with Crippen molar-refractivity contribution in [1.29, 1.82) is 0 Å². The second-order valence-corrected chi connectivity index (χ2v) is 19.9. The summed E-state index contributed by atoms with van der Waals surface area (Å²) in [5, 5.41) is 23.5. The molecule has 1 aliphatic rings. The van der Waals surface area contributed by atoms with Gasteiger partial charge >= 0.3 is 24.1 Å². The molecule has 0 saturated carbocycles. The minimum absolute atomic E-state index is 0.00342. The molecular weight excluding hydrogens is 925 g/mol. The number of likely N-dealkylation sites (N-methyl/N-ethyl adjacent to an activating group) is 4. The van der Waals surface area contributed by atoms with Crippen LogP contribution in [0.1, 0.15) is 115 Å². The first-order chi connectivity index (χ1) is 32.8. The number of hydrogen-bond acceptors (Lipinski definition) is 13. The van der Waals surface area contributed by atoms with Crippen molar-refractivity contribution in [2.45, 2.75) is 163 Å². The zero-order chi connectivity index (χ0) is 54.9. The molecule has 404 valence electrons. The van der Waals surface area contributed by atoms with Crippen molar-refractivity contribution in [2.24, 2.45) is 17.8 Å². The van der Waals surface area contributed by atoms with Gasteiger partial charge in [0.15, 0.2) is 0 Å². The molecule has 0 aliphatic carbocycles. The summed E-state index contributed by atoms with van der Waals surface area (Å²) in [6.45, 7) is 19.4. The lowest BCUT2D eigenvalue weighted by molar-refractivity contribution is -0.142. The number of piperidine rings is 1. The van der Waals surface area contributed by atoms with Crippen molar-refractivity contribution in [3.8, 4) is 0 Å². The molecule has 8 atom stereocenters. The van der Waals surface area contributed by atoms with E-state index in [0.717, 1.165) is 57.1 Å². The molecule has 24 heteroatoms. The molecule has 0 aromatic heterocycles. The van der Waals surface area contributed by atoms with Gasteiger partial charge in [-0.2, -0.15) is 0 Å². The third-order valence-electron chi connectivity index (χ3n) is 12.5. The van der Waals surface area contributed by atoms with E-state index in [2.05, 4.69) is 21.3 Å². The average molecular weight is 1010 g/mol. The second-order valence-electron chi connectivity index (χ2n) is 19.9. The number of carbonyl (C=O) groups excluding carboxylic acids is 11. The van der Waals surface area contributed by atoms with E-state index >= 15 is 0 Å². The number of urea groups is 4. The molecule has 15 amide bonds. The summed E-state index contributed by atoms with van der Waals surface area (Å²) in [4.78, 5) is 153. The van der Waals surface area contributed by atoms with E-state index in [9.17, 15) is 57.8 Å². The van der Waals surface area contributed by atoms with Gasteiger partial charge in [-0.05, 0) is 91.0 Å².